The highest BCUT2D eigenvalue weighted by Gasteiger charge is 2.48. The predicted molar refractivity (Wildman–Crippen MR) is 40.2 cm³/mol. The lowest BCUT2D eigenvalue weighted by molar-refractivity contribution is -0.352. The van der Waals surface area contributed by atoms with E-state index in [1.807, 2.05) is 0 Å². The van der Waals surface area contributed by atoms with Gasteiger partial charge < -0.3 is 9.47 Å². The highest BCUT2D eigenvalue weighted by Crippen LogP contribution is 2.35. The Labute approximate surface area is 75.0 Å². The van der Waals surface area contributed by atoms with Crippen LogP contribution in [0.2, 0.25) is 0 Å². The number of alkyl halides is 3. The van der Waals surface area contributed by atoms with Gasteiger partial charge in [0.2, 0.25) is 0 Å². The number of hydrogen-bond donors (Lipinski definition) is 0. The topological polar surface area (TPSA) is 18.5 Å². The van der Waals surface area contributed by atoms with Gasteiger partial charge in [-0.25, -0.2) is 0 Å². The summed E-state index contributed by atoms with van der Waals surface area (Å²) in [4.78, 5) is 0. The van der Waals surface area contributed by atoms with Crippen LogP contribution < -0.4 is 0 Å². The maximum absolute atomic E-state index is 12.3. The molecule has 1 fully saturated rings. The van der Waals surface area contributed by atoms with Crippen LogP contribution in [0.5, 0.6) is 0 Å². The fraction of sp³-hybridized carbons (Fsp3) is 1.00. The van der Waals surface area contributed by atoms with Gasteiger partial charge in [0.05, 0.1) is 6.10 Å². The Morgan fingerprint density at radius 3 is 2.15 bits per heavy atom. The summed E-state index contributed by atoms with van der Waals surface area (Å²) in [7, 11) is 0. The first kappa shape index (κ1) is 10.8. The molecule has 0 spiro atoms. The standard InChI is InChI=1S/C8H13F3O2/c1-5-4-6(8(9,10)11)13-7(2,3)12-5/h5-6H,4H2,1-3H3/t5-,6-/m0/s1. The minimum Gasteiger partial charge on any atom is -0.347 e. The van der Waals surface area contributed by atoms with E-state index in [1.165, 1.54) is 13.8 Å². The maximum Gasteiger partial charge on any atom is 0.414 e. The molecule has 1 heterocycles. The largest absolute Gasteiger partial charge is 0.414 e. The summed E-state index contributed by atoms with van der Waals surface area (Å²) < 4.78 is 46.8. The summed E-state index contributed by atoms with van der Waals surface area (Å²) in [6.45, 7) is 4.59. The molecule has 0 bridgehead atoms. The quantitative estimate of drug-likeness (QED) is 0.595. The van der Waals surface area contributed by atoms with Crippen LogP contribution in [0.3, 0.4) is 0 Å². The molecule has 0 aromatic heterocycles. The van der Waals surface area contributed by atoms with E-state index in [0.717, 1.165) is 0 Å². The SMILES string of the molecule is C[C@H]1C[C@@H](C(F)(F)F)OC(C)(C)O1. The summed E-state index contributed by atoms with van der Waals surface area (Å²) in [5, 5.41) is 0. The van der Waals surface area contributed by atoms with Gasteiger partial charge >= 0.3 is 6.18 Å². The minimum absolute atomic E-state index is 0.132. The Hall–Kier alpha value is -0.290. The Balaban J connectivity index is 2.69. The molecule has 13 heavy (non-hydrogen) atoms. The van der Waals surface area contributed by atoms with Crippen molar-refractivity contribution in [3.05, 3.63) is 0 Å². The molecular formula is C8H13F3O2. The van der Waals surface area contributed by atoms with Gasteiger partial charge in [0.1, 0.15) is 0 Å². The molecule has 0 aromatic rings. The third-order valence-corrected chi connectivity index (χ3v) is 1.82. The second-order valence-electron chi connectivity index (χ2n) is 3.71. The fourth-order valence-corrected chi connectivity index (χ4v) is 1.45. The average molecular weight is 198 g/mol. The number of hydrogen-bond acceptors (Lipinski definition) is 2. The third-order valence-electron chi connectivity index (χ3n) is 1.82. The maximum atomic E-state index is 12.3. The van der Waals surface area contributed by atoms with Crippen molar-refractivity contribution in [2.24, 2.45) is 0 Å². The average Bonchev–Trinajstić information content (AvgIpc) is 1.79. The summed E-state index contributed by atoms with van der Waals surface area (Å²) in [6.07, 6.45) is -6.55. The first-order chi connectivity index (χ1) is 5.71. The van der Waals surface area contributed by atoms with E-state index >= 15 is 0 Å². The van der Waals surface area contributed by atoms with Crippen molar-refractivity contribution in [1.29, 1.82) is 0 Å². The lowest BCUT2D eigenvalue weighted by Crippen LogP contribution is -2.49. The van der Waals surface area contributed by atoms with Gasteiger partial charge in [-0.1, -0.05) is 0 Å². The first-order valence-corrected chi connectivity index (χ1v) is 4.13. The van der Waals surface area contributed by atoms with Gasteiger partial charge in [-0.2, -0.15) is 13.2 Å². The van der Waals surface area contributed by atoms with Gasteiger partial charge in [-0.05, 0) is 20.8 Å². The van der Waals surface area contributed by atoms with Gasteiger partial charge in [-0.3, -0.25) is 0 Å². The summed E-state index contributed by atoms with van der Waals surface area (Å²) in [5.41, 5.74) is 0. The second-order valence-corrected chi connectivity index (χ2v) is 3.71. The third kappa shape index (κ3) is 2.84. The van der Waals surface area contributed by atoms with Crippen LogP contribution in [0.25, 0.3) is 0 Å². The molecule has 5 heteroatoms. The Bertz CT molecular complexity index is 188. The Morgan fingerprint density at radius 1 is 1.23 bits per heavy atom. The van der Waals surface area contributed by atoms with Crippen molar-refractivity contribution in [3.8, 4) is 0 Å². The lowest BCUT2D eigenvalue weighted by atomic mass is 10.1. The molecule has 2 nitrogen and oxygen atoms in total. The summed E-state index contributed by atoms with van der Waals surface area (Å²) in [5.74, 6) is -1.14. The van der Waals surface area contributed by atoms with E-state index in [9.17, 15) is 13.2 Å². The molecule has 1 rings (SSSR count). The molecule has 0 amide bonds. The van der Waals surface area contributed by atoms with Crippen LogP contribution >= 0.6 is 0 Å². The summed E-state index contributed by atoms with van der Waals surface area (Å²) in [6, 6.07) is 0. The van der Waals surface area contributed by atoms with E-state index in [0.29, 0.717) is 0 Å². The van der Waals surface area contributed by atoms with Crippen molar-refractivity contribution < 1.29 is 22.6 Å². The summed E-state index contributed by atoms with van der Waals surface area (Å²) >= 11 is 0. The van der Waals surface area contributed by atoms with Gasteiger partial charge in [0.15, 0.2) is 11.9 Å². The Kier molecular flexibility index (Phi) is 2.60. The molecule has 0 aromatic carbocycles. The number of halogens is 3. The van der Waals surface area contributed by atoms with E-state index in [1.54, 1.807) is 6.92 Å². The molecular weight excluding hydrogens is 185 g/mol. The van der Waals surface area contributed by atoms with E-state index in [2.05, 4.69) is 0 Å². The van der Waals surface area contributed by atoms with Crippen molar-refractivity contribution in [2.75, 3.05) is 0 Å². The normalized spacial score (nSPS) is 34.6. The van der Waals surface area contributed by atoms with E-state index in [-0.39, 0.29) is 6.42 Å². The molecule has 0 saturated carbocycles. The van der Waals surface area contributed by atoms with Crippen LogP contribution in [0.15, 0.2) is 0 Å². The molecule has 1 aliphatic heterocycles. The monoisotopic (exact) mass is 198 g/mol. The van der Waals surface area contributed by atoms with Gasteiger partial charge in [-0.15, -0.1) is 0 Å². The van der Waals surface area contributed by atoms with Crippen LogP contribution in [0.1, 0.15) is 27.2 Å². The zero-order valence-corrected chi connectivity index (χ0v) is 7.81. The van der Waals surface area contributed by atoms with Gasteiger partial charge in [0.25, 0.3) is 0 Å². The van der Waals surface area contributed by atoms with E-state index in [4.69, 9.17) is 9.47 Å². The minimum atomic E-state index is -4.30. The van der Waals surface area contributed by atoms with E-state index < -0.39 is 24.2 Å². The van der Waals surface area contributed by atoms with Crippen molar-refractivity contribution in [1.82, 2.24) is 0 Å². The molecule has 0 radical (unpaired) electrons. The zero-order chi connectivity index (χ0) is 10.3. The lowest BCUT2D eigenvalue weighted by Gasteiger charge is -2.40. The van der Waals surface area contributed by atoms with Crippen molar-refractivity contribution in [2.45, 2.75) is 51.4 Å². The van der Waals surface area contributed by atoms with Crippen LogP contribution in [0, 0.1) is 0 Å². The van der Waals surface area contributed by atoms with Crippen molar-refractivity contribution >= 4 is 0 Å². The highest BCUT2D eigenvalue weighted by atomic mass is 19.4. The molecule has 0 unspecified atom stereocenters. The van der Waals surface area contributed by atoms with Crippen LogP contribution in [-0.2, 0) is 9.47 Å². The molecule has 0 N–H and O–H groups in total. The second kappa shape index (κ2) is 3.13. The number of rotatable bonds is 0. The smallest absolute Gasteiger partial charge is 0.347 e. The van der Waals surface area contributed by atoms with Crippen molar-refractivity contribution in [3.63, 3.8) is 0 Å². The molecule has 1 aliphatic rings. The molecule has 1 saturated heterocycles. The molecule has 2 atom stereocenters. The van der Waals surface area contributed by atoms with Crippen LogP contribution in [0.4, 0.5) is 13.2 Å². The predicted octanol–water partition coefficient (Wildman–Crippen LogP) is 2.48. The molecule has 78 valence electrons. The molecule has 0 aliphatic carbocycles. The highest BCUT2D eigenvalue weighted by molar-refractivity contribution is 4.78. The van der Waals surface area contributed by atoms with Crippen LogP contribution in [-0.4, -0.2) is 24.2 Å². The van der Waals surface area contributed by atoms with Gasteiger partial charge in [0, 0.05) is 6.42 Å². The number of ether oxygens (including phenoxy) is 2. The zero-order valence-electron chi connectivity index (χ0n) is 7.81. The fourth-order valence-electron chi connectivity index (χ4n) is 1.45. The first-order valence-electron chi connectivity index (χ1n) is 4.13. The Morgan fingerprint density at radius 2 is 1.77 bits per heavy atom.